The van der Waals surface area contributed by atoms with Crippen molar-refractivity contribution in [3.05, 3.63) is 95.3 Å². The molecule has 3 aromatic carbocycles. The highest BCUT2D eigenvalue weighted by Crippen LogP contribution is 2.43. The third kappa shape index (κ3) is 4.71. The molecule has 1 amide bonds. The van der Waals surface area contributed by atoms with Gasteiger partial charge < -0.3 is 19.3 Å². The first kappa shape index (κ1) is 23.9. The minimum absolute atomic E-state index is 0.0639. The lowest BCUT2D eigenvalue weighted by molar-refractivity contribution is -0.118. The molecule has 1 unspecified atom stereocenters. The van der Waals surface area contributed by atoms with Crippen LogP contribution in [0.2, 0.25) is 0 Å². The quantitative estimate of drug-likeness (QED) is 0.480. The fourth-order valence-electron chi connectivity index (χ4n) is 4.27. The van der Waals surface area contributed by atoms with Crippen LogP contribution in [0.4, 0.5) is 5.69 Å². The van der Waals surface area contributed by atoms with Gasteiger partial charge in [-0.3, -0.25) is 14.5 Å². The van der Waals surface area contributed by atoms with Gasteiger partial charge in [0.25, 0.3) is 5.91 Å². The Morgan fingerprint density at radius 2 is 1.57 bits per heavy atom. The van der Waals surface area contributed by atoms with E-state index in [1.165, 1.54) is 19.1 Å². The molecule has 35 heavy (non-hydrogen) atoms. The van der Waals surface area contributed by atoms with Crippen molar-refractivity contribution >= 4 is 17.4 Å². The molecular weight excluding hydrogens is 446 g/mol. The Hall–Kier alpha value is -4.26. The topological polar surface area (TPSA) is 85.3 Å². The first-order valence-corrected chi connectivity index (χ1v) is 11.2. The molecule has 0 aliphatic carbocycles. The number of nitrogens with zero attached hydrogens (tertiary/aromatic N) is 1. The summed E-state index contributed by atoms with van der Waals surface area (Å²) in [6.07, 6.45) is 0.642. The van der Waals surface area contributed by atoms with Crippen LogP contribution in [0, 0.1) is 0 Å². The van der Waals surface area contributed by atoms with Gasteiger partial charge in [-0.1, -0.05) is 36.4 Å². The summed E-state index contributed by atoms with van der Waals surface area (Å²) in [5, 5.41) is 10.9. The van der Waals surface area contributed by atoms with Crippen molar-refractivity contribution in [2.45, 2.75) is 18.9 Å². The molecule has 7 nitrogen and oxygen atoms in total. The summed E-state index contributed by atoms with van der Waals surface area (Å²) in [4.78, 5) is 28.2. The van der Waals surface area contributed by atoms with Crippen molar-refractivity contribution < 1.29 is 28.9 Å². The van der Waals surface area contributed by atoms with Crippen molar-refractivity contribution in [3.63, 3.8) is 0 Å². The Morgan fingerprint density at radius 3 is 2.20 bits per heavy atom. The van der Waals surface area contributed by atoms with Gasteiger partial charge in [-0.15, -0.1) is 0 Å². The predicted octanol–water partition coefficient (Wildman–Crippen LogP) is 4.81. The number of ether oxygens (including phenoxy) is 3. The van der Waals surface area contributed by atoms with Crippen molar-refractivity contribution in [3.8, 4) is 17.2 Å². The molecule has 4 rings (SSSR count). The van der Waals surface area contributed by atoms with Gasteiger partial charge in [-0.05, 0) is 53.9 Å². The Bertz CT molecular complexity index is 1250. The Kier molecular flexibility index (Phi) is 7.06. The molecule has 1 atom stereocenters. The molecule has 0 saturated heterocycles. The van der Waals surface area contributed by atoms with E-state index in [2.05, 4.69) is 0 Å². The Labute approximate surface area is 204 Å². The highest BCUT2D eigenvalue weighted by atomic mass is 16.5. The molecule has 180 valence electrons. The summed E-state index contributed by atoms with van der Waals surface area (Å²) in [5.41, 5.74) is 2.20. The molecule has 3 aromatic rings. The van der Waals surface area contributed by atoms with Crippen molar-refractivity contribution in [2.75, 3.05) is 26.2 Å². The number of hydrogen-bond donors (Lipinski definition) is 1. The van der Waals surface area contributed by atoms with Gasteiger partial charge in [0.15, 0.2) is 23.0 Å². The Balaban J connectivity index is 1.76. The van der Waals surface area contributed by atoms with Crippen LogP contribution in [0.3, 0.4) is 0 Å². The molecule has 0 saturated carbocycles. The second kappa shape index (κ2) is 10.3. The second-order valence-electron chi connectivity index (χ2n) is 8.06. The summed E-state index contributed by atoms with van der Waals surface area (Å²) in [6, 6.07) is 20.9. The SMILES string of the molecule is COc1ccc(N2C(=O)C(O)=C(C(=O)CCc3ccccc3)C2c2ccc(OC)c(OC)c2)cc1. The number of anilines is 1. The zero-order valence-corrected chi connectivity index (χ0v) is 19.9. The van der Waals surface area contributed by atoms with Crippen LogP contribution in [-0.4, -0.2) is 38.1 Å². The van der Waals surface area contributed by atoms with E-state index in [1.54, 1.807) is 49.6 Å². The van der Waals surface area contributed by atoms with E-state index in [-0.39, 0.29) is 17.8 Å². The molecule has 1 N–H and O–H groups in total. The third-order valence-corrected chi connectivity index (χ3v) is 6.07. The summed E-state index contributed by atoms with van der Waals surface area (Å²) < 4.78 is 16.0. The van der Waals surface area contributed by atoms with Gasteiger partial charge in [0, 0.05) is 12.1 Å². The van der Waals surface area contributed by atoms with E-state index in [4.69, 9.17) is 14.2 Å². The minimum atomic E-state index is -0.834. The third-order valence-electron chi connectivity index (χ3n) is 6.07. The number of hydrogen-bond acceptors (Lipinski definition) is 6. The molecule has 7 heteroatoms. The normalized spacial score (nSPS) is 15.3. The molecule has 0 aromatic heterocycles. The summed E-state index contributed by atoms with van der Waals surface area (Å²) in [7, 11) is 4.60. The van der Waals surface area contributed by atoms with Crippen molar-refractivity contribution in [2.24, 2.45) is 0 Å². The van der Waals surface area contributed by atoms with Crippen molar-refractivity contribution in [1.82, 2.24) is 0 Å². The van der Waals surface area contributed by atoms with E-state index in [1.807, 2.05) is 30.3 Å². The zero-order chi connectivity index (χ0) is 24.9. The molecule has 0 radical (unpaired) electrons. The largest absolute Gasteiger partial charge is 0.503 e. The first-order chi connectivity index (χ1) is 17.0. The lowest BCUT2D eigenvalue weighted by Crippen LogP contribution is -2.31. The summed E-state index contributed by atoms with van der Waals surface area (Å²) in [5.74, 6) is 0.114. The number of amides is 1. The number of aliphatic hydroxyl groups is 1. The highest BCUT2D eigenvalue weighted by Gasteiger charge is 2.44. The van der Waals surface area contributed by atoms with Gasteiger partial charge in [0.1, 0.15) is 5.75 Å². The smallest absolute Gasteiger partial charge is 0.294 e. The van der Waals surface area contributed by atoms with Crippen LogP contribution < -0.4 is 19.1 Å². The number of carbonyl (C=O) groups is 2. The molecular formula is C28H27NO6. The number of rotatable bonds is 9. The van der Waals surface area contributed by atoms with E-state index < -0.39 is 17.7 Å². The lowest BCUT2D eigenvalue weighted by Gasteiger charge is -2.27. The zero-order valence-electron chi connectivity index (χ0n) is 19.9. The molecule has 1 aliphatic rings. The van der Waals surface area contributed by atoms with E-state index in [9.17, 15) is 14.7 Å². The standard InChI is InChI=1S/C28H27NO6/c1-33-21-13-11-20(12-14-21)29-26(19-10-16-23(34-2)24(17-19)35-3)25(27(31)28(29)32)22(30)15-9-18-7-5-4-6-8-18/h4-8,10-14,16-17,26,31H,9,15H2,1-3H3. The number of benzene rings is 3. The molecule has 0 spiro atoms. The van der Waals surface area contributed by atoms with Crippen LogP contribution in [0.1, 0.15) is 23.6 Å². The molecule has 0 fully saturated rings. The maximum Gasteiger partial charge on any atom is 0.294 e. The van der Waals surface area contributed by atoms with Gasteiger partial charge in [-0.25, -0.2) is 0 Å². The van der Waals surface area contributed by atoms with Gasteiger partial charge in [-0.2, -0.15) is 0 Å². The molecule has 1 aliphatic heterocycles. The van der Waals surface area contributed by atoms with Gasteiger partial charge >= 0.3 is 0 Å². The Morgan fingerprint density at radius 1 is 0.886 bits per heavy atom. The number of Topliss-reactive ketones (excluding diaryl/α,β-unsaturated/α-hetero) is 1. The van der Waals surface area contributed by atoms with Gasteiger partial charge in [0.05, 0.1) is 32.9 Å². The number of methoxy groups -OCH3 is 3. The lowest BCUT2D eigenvalue weighted by atomic mass is 9.92. The van der Waals surface area contributed by atoms with Gasteiger partial charge in [0.2, 0.25) is 0 Å². The van der Waals surface area contributed by atoms with Crippen LogP contribution in [-0.2, 0) is 16.0 Å². The fourth-order valence-corrected chi connectivity index (χ4v) is 4.27. The van der Waals surface area contributed by atoms with Crippen LogP contribution >= 0.6 is 0 Å². The maximum absolute atomic E-state index is 13.4. The summed E-state index contributed by atoms with van der Waals surface area (Å²) in [6.45, 7) is 0. The predicted molar refractivity (Wildman–Crippen MR) is 132 cm³/mol. The number of ketones is 1. The first-order valence-electron chi connectivity index (χ1n) is 11.2. The monoisotopic (exact) mass is 473 g/mol. The van der Waals surface area contributed by atoms with Crippen molar-refractivity contribution in [1.29, 1.82) is 0 Å². The van der Waals surface area contributed by atoms with Crippen LogP contribution in [0.5, 0.6) is 17.2 Å². The molecule has 0 bridgehead atoms. The van der Waals surface area contributed by atoms with E-state index >= 15 is 0 Å². The minimum Gasteiger partial charge on any atom is -0.503 e. The number of aliphatic hydroxyl groups excluding tert-OH is 1. The average Bonchev–Trinajstić information content (AvgIpc) is 3.17. The number of aryl methyl sites for hydroxylation is 1. The molecule has 1 heterocycles. The van der Waals surface area contributed by atoms with E-state index in [0.717, 1.165) is 5.56 Å². The second-order valence-corrected chi connectivity index (χ2v) is 8.06. The van der Waals surface area contributed by atoms with E-state index in [0.29, 0.717) is 34.9 Å². The summed E-state index contributed by atoms with van der Waals surface area (Å²) >= 11 is 0. The number of carbonyl (C=O) groups excluding carboxylic acids is 2. The highest BCUT2D eigenvalue weighted by molar-refractivity contribution is 6.16. The van der Waals surface area contributed by atoms with Crippen LogP contribution in [0.15, 0.2) is 84.1 Å². The maximum atomic E-state index is 13.4. The fraction of sp³-hybridized carbons (Fsp3) is 0.214. The average molecular weight is 474 g/mol. The van der Waals surface area contributed by atoms with Crippen LogP contribution in [0.25, 0.3) is 0 Å².